The van der Waals surface area contributed by atoms with Crippen molar-refractivity contribution in [2.24, 2.45) is 5.73 Å². The van der Waals surface area contributed by atoms with Gasteiger partial charge in [0.2, 0.25) is 0 Å². The molecule has 0 heterocycles. The van der Waals surface area contributed by atoms with E-state index >= 15 is 0 Å². The van der Waals surface area contributed by atoms with Crippen LogP contribution in [0.15, 0.2) is 18.2 Å². The van der Waals surface area contributed by atoms with Crippen LogP contribution < -0.4 is 10.5 Å². The number of hydrogen-bond acceptors (Lipinski definition) is 3. The summed E-state index contributed by atoms with van der Waals surface area (Å²) in [5, 5.41) is 8.96. The Morgan fingerprint density at radius 2 is 2.10 bits per heavy atom. The lowest BCUT2D eigenvalue weighted by molar-refractivity contribution is -0.138. The Bertz CT molecular complexity index is 467. The molecule has 1 aliphatic rings. The lowest BCUT2D eigenvalue weighted by Gasteiger charge is -2.23. The maximum absolute atomic E-state index is 10.9. The SMILES string of the molecule is COc1ccc(C2CCCCC2)cc1CC(N)C(=O)O. The van der Waals surface area contributed by atoms with Crippen molar-refractivity contribution in [1.29, 1.82) is 0 Å². The van der Waals surface area contributed by atoms with Crippen molar-refractivity contribution in [2.75, 3.05) is 7.11 Å². The van der Waals surface area contributed by atoms with E-state index in [2.05, 4.69) is 12.1 Å². The van der Waals surface area contributed by atoms with Gasteiger partial charge in [0, 0.05) is 6.42 Å². The van der Waals surface area contributed by atoms with E-state index in [9.17, 15) is 4.79 Å². The number of hydrogen-bond donors (Lipinski definition) is 2. The van der Waals surface area contributed by atoms with Crippen LogP contribution in [0.5, 0.6) is 5.75 Å². The van der Waals surface area contributed by atoms with Crippen LogP contribution in [0.4, 0.5) is 0 Å². The van der Waals surface area contributed by atoms with Crippen molar-refractivity contribution >= 4 is 5.97 Å². The molecule has 0 amide bonds. The molecule has 2 rings (SSSR count). The van der Waals surface area contributed by atoms with Gasteiger partial charge in [-0.15, -0.1) is 0 Å². The number of nitrogens with two attached hydrogens (primary N) is 1. The van der Waals surface area contributed by atoms with Crippen LogP contribution in [0, 0.1) is 0 Å². The normalized spacial score (nSPS) is 17.7. The molecule has 0 saturated heterocycles. The molecule has 4 nitrogen and oxygen atoms in total. The molecule has 20 heavy (non-hydrogen) atoms. The Hall–Kier alpha value is -1.55. The van der Waals surface area contributed by atoms with Gasteiger partial charge in [0.25, 0.3) is 0 Å². The number of benzene rings is 1. The number of carbonyl (C=O) groups is 1. The smallest absolute Gasteiger partial charge is 0.320 e. The lowest BCUT2D eigenvalue weighted by Crippen LogP contribution is -2.32. The fourth-order valence-corrected chi connectivity index (χ4v) is 2.97. The molecule has 110 valence electrons. The van der Waals surface area contributed by atoms with Gasteiger partial charge >= 0.3 is 5.97 Å². The molecule has 1 aliphatic carbocycles. The van der Waals surface area contributed by atoms with Crippen molar-refractivity contribution < 1.29 is 14.6 Å². The number of rotatable bonds is 5. The zero-order valence-electron chi connectivity index (χ0n) is 12.0. The summed E-state index contributed by atoms with van der Waals surface area (Å²) < 4.78 is 5.32. The molecule has 1 aromatic rings. The molecule has 1 atom stereocenters. The summed E-state index contributed by atoms with van der Waals surface area (Å²) in [6, 6.07) is 5.24. The van der Waals surface area contributed by atoms with Gasteiger partial charge in [0.05, 0.1) is 7.11 Å². The highest BCUT2D eigenvalue weighted by molar-refractivity contribution is 5.73. The standard InChI is InChI=1S/C16H23NO3/c1-20-15-8-7-12(11-5-3-2-4-6-11)9-13(15)10-14(17)16(18)19/h7-9,11,14H,2-6,10,17H2,1H3,(H,18,19). The van der Waals surface area contributed by atoms with Gasteiger partial charge in [-0.05, 0) is 36.0 Å². The minimum atomic E-state index is -0.977. The van der Waals surface area contributed by atoms with Gasteiger partial charge in [-0.3, -0.25) is 4.79 Å². The van der Waals surface area contributed by atoms with Gasteiger partial charge in [-0.2, -0.15) is 0 Å². The first kappa shape index (κ1) is 14.9. The first-order chi connectivity index (χ1) is 9.61. The van der Waals surface area contributed by atoms with E-state index in [-0.39, 0.29) is 0 Å². The highest BCUT2D eigenvalue weighted by Crippen LogP contribution is 2.34. The van der Waals surface area contributed by atoms with Crippen LogP contribution in [0.25, 0.3) is 0 Å². The van der Waals surface area contributed by atoms with Crippen LogP contribution >= 0.6 is 0 Å². The number of ether oxygens (including phenoxy) is 1. The first-order valence-electron chi connectivity index (χ1n) is 7.27. The third-order valence-corrected chi connectivity index (χ3v) is 4.14. The predicted octanol–water partition coefficient (Wildman–Crippen LogP) is 2.70. The predicted molar refractivity (Wildman–Crippen MR) is 78.1 cm³/mol. The van der Waals surface area contributed by atoms with Crippen molar-refractivity contribution in [3.05, 3.63) is 29.3 Å². The van der Waals surface area contributed by atoms with Gasteiger partial charge in [-0.25, -0.2) is 0 Å². The van der Waals surface area contributed by atoms with Crippen molar-refractivity contribution in [2.45, 2.75) is 50.5 Å². The van der Waals surface area contributed by atoms with Crippen LogP contribution in [0.2, 0.25) is 0 Å². The zero-order chi connectivity index (χ0) is 14.5. The number of carboxylic acid groups (broad SMARTS) is 1. The van der Waals surface area contributed by atoms with E-state index in [1.807, 2.05) is 6.07 Å². The second-order valence-electron chi connectivity index (χ2n) is 5.56. The second-order valence-corrected chi connectivity index (χ2v) is 5.56. The van der Waals surface area contributed by atoms with Gasteiger partial charge in [0.15, 0.2) is 0 Å². The monoisotopic (exact) mass is 277 g/mol. The molecule has 1 fully saturated rings. The van der Waals surface area contributed by atoms with Crippen molar-refractivity contribution in [3.8, 4) is 5.75 Å². The summed E-state index contributed by atoms with van der Waals surface area (Å²) in [5.41, 5.74) is 7.83. The molecule has 0 radical (unpaired) electrons. The molecule has 1 saturated carbocycles. The van der Waals surface area contributed by atoms with E-state index in [4.69, 9.17) is 15.6 Å². The topological polar surface area (TPSA) is 72.5 Å². The zero-order valence-corrected chi connectivity index (χ0v) is 12.0. The average molecular weight is 277 g/mol. The molecular weight excluding hydrogens is 254 g/mol. The lowest BCUT2D eigenvalue weighted by atomic mass is 9.83. The third kappa shape index (κ3) is 3.51. The van der Waals surface area contributed by atoms with Crippen LogP contribution in [0.1, 0.15) is 49.1 Å². The van der Waals surface area contributed by atoms with Gasteiger partial charge in [-0.1, -0.05) is 31.4 Å². The van der Waals surface area contributed by atoms with Crippen LogP contribution in [-0.4, -0.2) is 24.2 Å². The van der Waals surface area contributed by atoms with E-state index in [0.29, 0.717) is 12.3 Å². The highest BCUT2D eigenvalue weighted by atomic mass is 16.5. The molecule has 0 bridgehead atoms. The largest absolute Gasteiger partial charge is 0.496 e. The Labute approximate surface area is 119 Å². The van der Waals surface area contributed by atoms with Crippen molar-refractivity contribution in [1.82, 2.24) is 0 Å². The molecule has 1 aromatic carbocycles. The summed E-state index contributed by atoms with van der Waals surface area (Å²) in [4.78, 5) is 10.9. The van der Waals surface area contributed by atoms with E-state index < -0.39 is 12.0 Å². The molecule has 0 spiro atoms. The average Bonchev–Trinajstić information content (AvgIpc) is 2.48. The Kier molecular flexibility index (Phi) is 5.01. The summed E-state index contributed by atoms with van der Waals surface area (Å²) in [6.07, 6.45) is 6.62. The Morgan fingerprint density at radius 1 is 1.40 bits per heavy atom. The summed E-state index contributed by atoms with van der Waals surface area (Å²) in [6.45, 7) is 0. The quantitative estimate of drug-likeness (QED) is 0.868. The third-order valence-electron chi connectivity index (χ3n) is 4.14. The summed E-state index contributed by atoms with van der Waals surface area (Å²) >= 11 is 0. The molecule has 0 aromatic heterocycles. The summed E-state index contributed by atoms with van der Waals surface area (Å²) in [7, 11) is 1.60. The maximum atomic E-state index is 10.9. The number of carboxylic acids is 1. The molecule has 4 heteroatoms. The Balaban J connectivity index is 2.21. The molecule has 1 unspecified atom stereocenters. The summed E-state index contributed by atoms with van der Waals surface area (Å²) in [5.74, 6) is 0.339. The first-order valence-corrected chi connectivity index (χ1v) is 7.27. The van der Waals surface area contributed by atoms with Gasteiger partial charge < -0.3 is 15.6 Å². The van der Waals surface area contributed by atoms with E-state index in [0.717, 1.165) is 11.3 Å². The van der Waals surface area contributed by atoms with E-state index in [1.165, 1.54) is 37.7 Å². The highest BCUT2D eigenvalue weighted by Gasteiger charge is 2.19. The maximum Gasteiger partial charge on any atom is 0.320 e. The van der Waals surface area contributed by atoms with Gasteiger partial charge in [0.1, 0.15) is 11.8 Å². The van der Waals surface area contributed by atoms with Crippen LogP contribution in [-0.2, 0) is 11.2 Å². The Morgan fingerprint density at radius 3 is 2.70 bits per heavy atom. The minimum absolute atomic E-state index is 0.305. The van der Waals surface area contributed by atoms with E-state index in [1.54, 1.807) is 7.11 Å². The fraction of sp³-hybridized carbons (Fsp3) is 0.562. The second kappa shape index (κ2) is 6.75. The number of methoxy groups -OCH3 is 1. The number of aliphatic carboxylic acids is 1. The van der Waals surface area contributed by atoms with Crippen molar-refractivity contribution in [3.63, 3.8) is 0 Å². The fourth-order valence-electron chi connectivity index (χ4n) is 2.97. The molecular formula is C16H23NO3. The minimum Gasteiger partial charge on any atom is -0.496 e. The molecule has 3 N–H and O–H groups in total. The van der Waals surface area contributed by atoms with Crippen LogP contribution in [0.3, 0.4) is 0 Å². The molecule has 0 aliphatic heterocycles.